The van der Waals surface area contributed by atoms with Crippen molar-refractivity contribution in [3.8, 4) is 0 Å². The number of hydrogen-bond donors (Lipinski definition) is 0. The van der Waals surface area contributed by atoms with Crippen LogP contribution in [-0.4, -0.2) is 48.6 Å². The van der Waals surface area contributed by atoms with Crippen molar-refractivity contribution >= 4 is 24.3 Å². The van der Waals surface area contributed by atoms with E-state index < -0.39 is 43.7 Å². The minimum Gasteiger partial charge on any atom is -0.399 e. The maximum Gasteiger partial charge on any atom is 0.494 e. The molecule has 0 N–H and O–H groups in total. The summed E-state index contributed by atoms with van der Waals surface area (Å²) in [6.07, 6.45) is 0. The van der Waals surface area contributed by atoms with Crippen LogP contribution in [0.1, 0.15) is 27.7 Å². The molecule has 1 aromatic carbocycles. The van der Waals surface area contributed by atoms with Crippen LogP contribution in [0.3, 0.4) is 0 Å². The van der Waals surface area contributed by atoms with Crippen molar-refractivity contribution in [2.24, 2.45) is 0 Å². The molecule has 2 fully saturated rings. The number of alkyl halides is 3. The number of anilines is 1. The van der Waals surface area contributed by atoms with E-state index in [0.29, 0.717) is 5.46 Å². The van der Waals surface area contributed by atoms with E-state index in [1.165, 1.54) is 12.1 Å². The van der Waals surface area contributed by atoms with Crippen LogP contribution in [0.25, 0.3) is 0 Å². The van der Waals surface area contributed by atoms with Gasteiger partial charge in [-0.1, -0.05) is 12.1 Å². The molecule has 0 bridgehead atoms. The van der Waals surface area contributed by atoms with Gasteiger partial charge >= 0.3 is 19.2 Å². The third kappa shape index (κ3) is 2.89. The van der Waals surface area contributed by atoms with E-state index in [9.17, 15) is 18.0 Å². The van der Waals surface area contributed by atoms with Crippen LogP contribution in [0.2, 0.25) is 0 Å². The van der Waals surface area contributed by atoms with E-state index >= 15 is 0 Å². The van der Waals surface area contributed by atoms with Crippen molar-refractivity contribution < 1.29 is 27.3 Å². The summed E-state index contributed by atoms with van der Waals surface area (Å²) in [5.41, 5.74) is -0.0142. The van der Waals surface area contributed by atoms with Crippen LogP contribution in [0.5, 0.6) is 0 Å². The molecule has 2 heterocycles. The minimum atomic E-state index is -3.53. The number of carbonyl (C=O) groups is 1. The highest BCUT2D eigenvalue weighted by Gasteiger charge is 2.53. The molecule has 2 saturated heterocycles. The molecule has 2 aliphatic rings. The van der Waals surface area contributed by atoms with Crippen molar-refractivity contribution in [1.82, 2.24) is 4.90 Å². The van der Waals surface area contributed by atoms with Gasteiger partial charge in [0.25, 0.3) is 0 Å². The van der Waals surface area contributed by atoms with Crippen LogP contribution in [-0.2, 0) is 9.31 Å². The first-order chi connectivity index (χ1) is 11.5. The van der Waals surface area contributed by atoms with Crippen molar-refractivity contribution in [3.05, 3.63) is 24.3 Å². The first-order valence-electron chi connectivity index (χ1n) is 7.97. The van der Waals surface area contributed by atoms with Crippen molar-refractivity contribution in [1.29, 1.82) is 0 Å². The predicted molar refractivity (Wildman–Crippen MR) is 87.7 cm³/mol. The summed E-state index contributed by atoms with van der Waals surface area (Å²) >= 11 is 0. The molecule has 0 spiro atoms. The summed E-state index contributed by atoms with van der Waals surface area (Å²) in [4.78, 5) is 12.7. The van der Waals surface area contributed by atoms with Gasteiger partial charge in [-0.05, 0) is 45.3 Å². The lowest BCUT2D eigenvalue weighted by Crippen LogP contribution is -2.41. The second-order valence-corrected chi connectivity index (χ2v) is 7.26. The van der Waals surface area contributed by atoms with Gasteiger partial charge in [-0.25, -0.2) is 14.1 Å². The van der Waals surface area contributed by atoms with Crippen molar-refractivity contribution in [3.63, 3.8) is 0 Å². The Morgan fingerprint density at radius 3 is 2.04 bits per heavy atom. The van der Waals surface area contributed by atoms with E-state index in [-0.39, 0.29) is 10.6 Å². The normalized spacial score (nSPS) is 24.3. The lowest BCUT2D eigenvalue weighted by Gasteiger charge is -2.32. The fourth-order valence-electron chi connectivity index (χ4n) is 2.76. The number of hydrogen-bond acceptors (Lipinski definition) is 3. The van der Waals surface area contributed by atoms with Gasteiger partial charge in [-0.15, -0.1) is 0 Å². The lowest BCUT2D eigenvalue weighted by atomic mass is 9.79. The molecule has 3 rings (SSSR count). The SMILES string of the molecule is CC1(C)OB(c2ccc(N3CC(F)(F)N(CF)C3=O)cc2)OC1(C)C. The monoisotopic (exact) mass is 356 g/mol. The number of halogens is 3. The van der Waals surface area contributed by atoms with Gasteiger partial charge in [0.1, 0.15) is 6.54 Å². The van der Waals surface area contributed by atoms with Gasteiger partial charge in [0.2, 0.25) is 0 Å². The number of amides is 2. The first kappa shape index (κ1) is 18.1. The minimum absolute atomic E-state index is 0.0882. The highest BCUT2D eigenvalue weighted by Crippen LogP contribution is 2.37. The van der Waals surface area contributed by atoms with Gasteiger partial charge in [-0.3, -0.25) is 4.90 Å². The number of rotatable bonds is 3. The average molecular weight is 356 g/mol. The summed E-state index contributed by atoms with van der Waals surface area (Å²) < 4.78 is 51.9. The highest BCUT2D eigenvalue weighted by atomic mass is 19.3. The molecule has 2 aliphatic heterocycles. The average Bonchev–Trinajstić information content (AvgIpc) is 2.87. The zero-order valence-electron chi connectivity index (χ0n) is 14.6. The second kappa shape index (κ2) is 5.64. The Balaban J connectivity index is 1.79. The molecule has 25 heavy (non-hydrogen) atoms. The maximum absolute atomic E-state index is 13.7. The van der Waals surface area contributed by atoms with E-state index in [1.54, 1.807) is 12.1 Å². The highest BCUT2D eigenvalue weighted by molar-refractivity contribution is 6.62. The summed E-state index contributed by atoms with van der Waals surface area (Å²) in [7, 11) is -0.586. The molecule has 0 unspecified atom stereocenters. The molecular formula is C16H20BF3N2O3. The van der Waals surface area contributed by atoms with Crippen LogP contribution in [0.15, 0.2) is 24.3 Å². The number of benzene rings is 1. The number of nitrogens with zero attached hydrogens (tertiary/aromatic N) is 2. The molecule has 136 valence electrons. The molecule has 0 radical (unpaired) electrons. The number of urea groups is 1. The molecule has 5 nitrogen and oxygen atoms in total. The van der Waals surface area contributed by atoms with E-state index in [2.05, 4.69) is 0 Å². The Hall–Kier alpha value is -1.74. The smallest absolute Gasteiger partial charge is 0.399 e. The van der Waals surface area contributed by atoms with Crippen LogP contribution in [0, 0.1) is 0 Å². The Bertz CT molecular complexity index is 666. The Morgan fingerprint density at radius 2 is 1.60 bits per heavy atom. The van der Waals surface area contributed by atoms with Crippen LogP contribution >= 0.6 is 0 Å². The Morgan fingerprint density at radius 1 is 1.08 bits per heavy atom. The molecule has 0 atom stereocenters. The van der Waals surface area contributed by atoms with Crippen molar-refractivity contribution in [2.45, 2.75) is 44.9 Å². The fraction of sp³-hybridized carbons (Fsp3) is 0.562. The second-order valence-electron chi connectivity index (χ2n) is 7.26. The zero-order chi connectivity index (χ0) is 18.6. The quantitative estimate of drug-likeness (QED) is 0.618. The van der Waals surface area contributed by atoms with E-state index in [0.717, 1.165) is 4.90 Å². The molecule has 1 aromatic rings. The molecule has 2 amide bonds. The van der Waals surface area contributed by atoms with Crippen LogP contribution < -0.4 is 10.4 Å². The van der Waals surface area contributed by atoms with Gasteiger partial charge in [-0.2, -0.15) is 8.78 Å². The summed E-state index contributed by atoms with van der Waals surface area (Å²) in [5.74, 6) is 0. The van der Waals surface area contributed by atoms with Gasteiger partial charge in [0.15, 0.2) is 6.80 Å². The third-order valence-electron chi connectivity index (χ3n) is 5.05. The first-order valence-corrected chi connectivity index (χ1v) is 7.97. The summed E-state index contributed by atoms with van der Waals surface area (Å²) in [5, 5.41) is 0. The molecule has 0 aliphatic carbocycles. The van der Waals surface area contributed by atoms with Gasteiger partial charge in [0.05, 0.1) is 11.2 Å². The fourth-order valence-corrected chi connectivity index (χ4v) is 2.76. The molecule has 9 heteroatoms. The maximum atomic E-state index is 13.7. The van der Waals surface area contributed by atoms with Gasteiger partial charge in [0, 0.05) is 5.69 Å². The van der Waals surface area contributed by atoms with Crippen LogP contribution in [0.4, 0.5) is 23.7 Å². The molecular weight excluding hydrogens is 336 g/mol. The predicted octanol–water partition coefficient (Wildman–Crippen LogP) is 2.75. The Kier molecular flexibility index (Phi) is 4.07. The zero-order valence-corrected chi connectivity index (χ0v) is 14.6. The largest absolute Gasteiger partial charge is 0.494 e. The lowest BCUT2D eigenvalue weighted by molar-refractivity contribution is -0.103. The molecule has 0 saturated carbocycles. The van der Waals surface area contributed by atoms with Gasteiger partial charge < -0.3 is 9.31 Å². The van der Waals surface area contributed by atoms with Crippen molar-refractivity contribution in [2.75, 3.05) is 18.2 Å². The third-order valence-corrected chi connectivity index (χ3v) is 5.05. The standard InChI is InChI=1S/C16H20BF3N2O3/c1-14(2)15(3,4)25-17(24-14)11-5-7-12(8-6-11)21-9-16(19,20)22(10-18)13(21)23/h5-8H,9-10H2,1-4H3. The Labute approximate surface area is 144 Å². The summed E-state index contributed by atoms with van der Waals surface area (Å²) in [6, 6.07) is 1.76. The molecule has 0 aromatic heterocycles. The van der Waals surface area contributed by atoms with E-state index in [1.807, 2.05) is 27.7 Å². The number of carbonyl (C=O) groups excluding carboxylic acids is 1. The summed E-state index contributed by atoms with van der Waals surface area (Å²) in [6.45, 7) is 5.30. The van der Waals surface area contributed by atoms with E-state index in [4.69, 9.17) is 9.31 Å². The topological polar surface area (TPSA) is 42.0 Å².